The Morgan fingerprint density at radius 2 is 0.847 bits per heavy atom. The number of rotatable bonds is 3. The zero-order chi connectivity index (χ0) is 38.4. The van der Waals surface area contributed by atoms with Gasteiger partial charge in [0.25, 0.3) is 0 Å². The highest BCUT2D eigenvalue weighted by Gasteiger charge is 2.61. The fraction of sp³-hybridized carbons (Fsp3) is 0.172. The molecule has 59 heavy (non-hydrogen) atoms. The molecule has 0 aliphatic heterocycles. The molecule has 9 aromatic carbocycles. The van der Waals surface area contributed by atoms with E-state index in [0.717, 1.165) is 23.7 Å². The Morgan fingerprint density at radius 3 is 1.56 bits per heavy atom. The second-order valence-electron chi connectivity index (χ2n) is 18.3. The lowest BCUT2D eigenvalue weighted by Crippen LogP contribution is -2.55. The van der Waals surface area contributed by atoms with Gasteiger partial charge in [0.1, 0.15) is 0 Å². The monoisotopic (exact) mass is 770 g/mol. The fourth-order valence-corrected chi connectivity index (χ4v) is 14.8. The van der Waals surface area contributed by atoms with Crippen LogP contribution in [-0.4, -0.2) is 0 Å². The molecule has 5 aliphatic rings. The van der Waals surface area contributed by atoms with E-state index in [9.17, 15) is 0 Å². The SMILES string of the molecule is c1ccc2c(c1)-c1ccc(-c3ccc(-c4c5ccccc5c(-c5ccc6c(c5)sc5ccccc56)c5ccccc45)c4ccccc34)cc1C21C2CC3CC(C2)CC1C3. The number of hydrogen-bond donors (Lipinski definition) is 0. The van der Waals surface area contributed by atoms with E-state index >= 15 is 0 Å². The van der Waals surface area contributed by atoms with E-state index in [-0.39, 0.29) is 5.41 Å². The molecular formula is C58H42S. The van der Waals surface area contributed by atoms with Crippen molar-refractivity contribution in [3.8, 4) is 44.5 Å². The predicted molar refractivity (Wildman–Crippen MR) is 251 cm³/mol. The van der Waals surface area contributed by atoms with Gasteiger partial charge >= 0.3 is 0 Å². The number of hydrogen-bond acceptors (Lipinski definition) is 1. The molecule has 0 unspecified atom stereocenters. The van der Waals surface area contributed by atoms with Crippen LogP contribution in [0.5, 0.6) is 0 Å². The molecule has 5 aliphatic carbocycles. The molecule has 1 aromatic heterocycles. The third-order valence-corrected chi connectivity index (χ3v) is 16.8. The average molecular weight is 771 g/mol. The lowest BCUT2D eigenvalue weighted by Gasteiger charge is -2.61. The van der Waals surface area contributed by atoms with Crippen LogP contribution in [0.25, 0.3) is 97.0 Å². The Bertz CT molecular complexity index is 3330. The number of fused-ring (bicyclic) bond motifs is 9. The highest BCUT2D eigenvalue weighted by Crippen LogP contribution is 2.69. The van der Waals surface area contributed by atoms with Gasteiger partial charge in [-0.05, 0) is 162 Å². The molecule has 1 heterocycles. The summed E-state index contributed by atoms with van der Waals surface area (Å²) in [6, 6.07) is 65.4. The fourth-order valence-electron chi connectivity index (χ4n) is 13.7. The Hall–Kier alpha value is -6.02. The van der Waals surface area contributed by atoms with Crippen molar-refractivity contribution in [1.82, 2.24) is 0 Å². The third kappa shape index (κ3) is 4.39. The van der Waals surface area contributed by atoms with Crippen molar-refractivity contribution in [2.45, 2.75) is 37.5 Å². The molecule has 15 rings (SSSR count). The first kappa shape index (κ1) is 32.9. The molecule has 1 heteroatoms. The Labute approximate surface area is 348 Å². The van der Waals surface area contributed by atoms with Crippen LogP contribution < -0.4 is 0 Å². The van der Waals surface area contributed by atoms with Gasteiger partial charge in [-0.15, -0.1) is 11.3 Å². The van der Waals surface area contributed by atoms with Crippen molar-refractivity contribution in [2.75, 3.05) is 0 Å². The van der Waals surface area contributed by atoms with Crippen LogP contribution >= 0.6 is 11.3 Å². The minimum Gasteiger partial charge on any atom is -0.135 e. The topological polar surface area (TPSA) is 0 Å². The van der Waals surface area contributed by atoms with E-state index in [1.54, 1.807) is 11.1 Å². The van der Waals surface area contributed by atoms with Crippen molar-refractivity contribution in [2.24, 2.45) is 23.7 Å². The van der Waals surface area contributed by atoms with Gasteiger partial charge in [0, 0.05) is 25.6 Å². The van der Waals surface area contributed by atoms with E-state index in [1.165, 1.54) is 129 Å². The van der Waals surface area contributed by atoms with E-state index in [0.29, 0.717) is 0 Å². The van der Waals surface area contributed by atoms with Crippen molar-refractivity contribution in [3.05, 3.63) is 181 Å². The summed E-state index contributed by atoms with van der Waals surface area (Å²) in [5.74, 6) is 3.38. The van der Waals surface area contributed by atoms with Crippen LogP contribution in [0.15, 0.2) is 170 Å². The smallest absolute Gasteiger partial charge is 0.0361 e. The Morgan fingerprint density at radius 1 is 0.339 bits per heavy atom. The molecule has 4 fully saturated rings. The van der Waals surface area contributed by atoms with E-state index in [4.69, 9.17) is 0 Å². The van der Waals surface area contributed by atoms with Crippen LogP contribution in [0.1, 0.15) is 43.2 Å². The minimum absolute atomic E-state index is 0.159. The van der Waals surface area contributed by atoms with E-state index in [2.05, 4.69) is 170 Å². The van der Waals surface area contributed by atoms with Gasteiger partial charge < -0.3 is 0 Å². The second-order valence-corrected chi connectivity index (χ2v) is 19.4. The average Bonchev–Trinajstić information content (AvgIpc) is 3.80. The Balaban J connectivity index is 0.970. The zero-order valence-corrected chi connectivity index (χ0v) is 33.7. The maximum Gasteiger partial charge on any atom is 0.0361 e. The molecule has 280 valence electrons. The maximum atomic E-state index is 2.66. The molecule has 10 aromatic rings. The first-order chi connectivity index (χ1) is 29.2. The second kappa shape index (κ2) is 12.0. The van der Waals surface area contributed by atoms with Gasteiger partial charge in [-0.2, -0.15) is 0 Å². The quantitative estimate of drug-likeness (QED) is 0.157. The van der Waals surface area contributed by atoms with Crippen LogP contribution in [0.3, 0.4) is 0 Å². The molecule has 0 N–H and O–H groups in total. The molecular weight excluding hydrogens is 729 g/mol. The molecule has 0 saturated heterocycles. The summed E-state index contributed by atoms with van der Waals surface area (Å²) in [5, 5.41) is 10.5. The van der Waals surface area contributed by atoms with Crippen molar-refractivity contribution >= 4 is 63.8 Å². The maximum absolute atomic E-state index is 2.66. The van der Waals surface area contributed by atoms with Crippen LogP contribution in [0, 0.1) is 23.7 Å². The summed E-state index contributed by atoms with van der Waals surface area (Å²) in [4.78, 5) is 0. The summed E-state index contributed by atoms with van der Waals surface area (Å²) >= 11 is 1.90. The highest BCUT2D eigenvalue weighted by atomic mass is 32.1. The molecule has 4 saturated carbocycles. The standard InChI is InChI=1S/C58H42S/c1-2-12-42-41(11-1)40(36-21-23-44-43-13-7-9-19-52(43)58(53(44)32-36)38-28-34-27-35(30-38)31-39(58)29-34)25-26-51(42)57-49-17-5-3-15-47(49)56(48-16-4-6-18-50(48)57)37-22-24-46-45-14-8-10-20-54(45)59-55(46)33-37/h1-26,32-35,38-39H,27-31H2. The largest absolute Gasteiger partial charge is 0.135 e. The first-order valence-electron chi connectivity index (χ1n) is 21.8. The van der Waals surface area contributed by atoms with Gasteiger partial charge in [-0.3, -0.25) is 0 Å². The third-order valence-electron chi connectivity index (χ3n) is 15.7. The van der Waals surface area contributed by atoms with E-state index < -0.39 is 0 Å². The molecule has 1 spiro atoms. The lowest BCUT2D eigenvalue weighted by molar-refractivity contribution is -0.0399. The van der Waals surface area contributed by atoms with Gasteiger partial charge in [-0.1, -0.05) is 152 Å². The van der Waals surface area contributed by atoms with Crippen molar-refractivity contribution in [3.63, 3.8) is 0 Å². The molecule has 0 atom stereocenters. The van der Waals surface area contributed by atoms with Crippen LogP contribution in [0.4, 0.5) is 0 Å². The summed E-state index contributed by atoms with van der Waals surface area (Å²) in [6.07, 6.45) is 7.10. The minimum atomic E-state index is 0.159. The summed E-state index contributed by atoms with van der Waals surface area (Å²) < 4.78 is 2.68. The van der Waals surface area contributed by atoms with Crippen molar-refractivity contribution in [1.29, 1.82) is 0 Å². The van der Waals surface area contributed by atoms with Gasteiger partial charge in [0.2, 0.25) is 0 Å². The summed E-state index contributed by atoms with van der Waals surface area (Å²) in [6.45, 7) is 0. The number of benzene rings is 9. The Kier molecular flexibility index (Phi) is 6.70. The highest BCUT2D eigenvalue weighted by molar-refractivity contribution is 7.25. The molecule has 0 radical (unpaired) electrons. The molecule has 4 bridgehead atoms. The van der Waals surface area contributed by atoms with Gasteiger partial charge in [0.05, 0.1) is 0 Å². The summed E-state index contributed by atoms with van der Waals surface area (Å²) in [7, 11) is 0. The first-order valence-corrected chi connectivity index (χ1v) is 22.7. The summed E-state index contributed by atoms with van der Waals surface area (Å²) in [5.41, 5.74) is 14.3. The van der Waals surface area contributed by atoms with E-state index in [1.807, 2.05) is 11.3 Å². The van der Waals surface area contributed by atoms with Crippen LogP contribution in [-0.2, 0) is 5.41 Å². The molecule has 0 amide bonds. The lowest BCUT2D eigenvalue weighted by atomic mass is 9.43. The van der Waals surface area contributed by atoms with Gasteiger partial charge in [0.15, 0.2) is 0 Å². The van der Waals surface area contributed by atoms with Gasteiger partial charge in [-0.25, -0.2) is 0 Å². The predicted octanol–water partition coefficient (Wildman–Crippen LogP) is 16.2. The number of thiophene rings is 1. The molecule has 0 nitrogen and oxygen atoms in total. The normalized spacial score (nSPS) is 22.6. The zero-order valence-electron chi connectivity index (χ0n) is 32.9. The van der Waals surface area contributed by atoms with Crippen molar-refractivity contribution < 1.29 is 0 Å². The van der Waals surface area contributed by atoms with Crippen LogP contribution in [0.2, 0.25) is 0 Å².